The molecule has 3 aromatic rings. The predicted molar refractivity (Wildman–Crippen MR) is 150 cm³/mol. The van der Waals surface area contributed by atoms with Crippen molar-refractivity contribution in [2.75, 3.05) is 6.61 Å². The van der Waals surface area contributed by atoms with Gasteiger partial charge in [-0.3, -0.25) is 9.59 Å². The Kier molecular flexibility index (Phi) is 9.90. The Hall–Kier alpha value is -3.60. The van der Waals surface area contributed by atoms with Gasteiger partial charge in [0.25, 0.3) is 5.91 Å². The number of ether oxygens (including phenoxy) is 1. The van der Waals surface area contributed by atoms with Crippen LogP contribution in [0.2, 0.25) is 0 Å². The van der Waals surface area contributed by atoms with Gasteiger partial charge in [0.05, 0.1) is 0 Å². The van der Waals surface area contributed by atoms with Gasteiger partial charge in [0.1, 0.15) is 11.8 Å². The number of hydrogen-bond acceptors (Lipinski definition) is 3. The number of carbonyl (C=O) groups is 2. The molecule has 37 heavy (non-hydrogen) atoms. The maximum atomic E-state index is 13.8. The van der Waals surface area contributed by atoms with Gasteiger partial charge in [0.15, 0.2) is 6.61 Å². The first kappa shape index (κ1) is 28.0. The minimum atomic E-state index is -0.672. The predicted octanol–water partition coefficient (Wildman–Crippen LogP) is 5.85. The van der Waals surface area contributed by atoms with Crippen LogP contribution < -0.4 is 10.1 Å². The second kappa shape index (κ2) is 13.1. The molecule has 1 N–H and O–H groups in total. The van der Waals surface area contributed by atoms with E-state index in [-0.39, 0.29) is 24.5 Å². The lowest BCUT2D eigenvalue weighted by Crippen LogP contribution is -2.53. The van der Waals surface area contributed by atoms with Crippen LogP contribution in [0.1, 0.15) is 53.6 Å². The molecule has 196 valence electrons. The highest BCUT2D eigenvalue weighted by molar-refractivity contribution is 5.88. The van der Waals surface area contributed by atoms with E-state index in [2.05, 4.69) is 11.4 Å². The highest BCUT2D eigenvalue weighted by Gasteiger charge is 2.31. The minimum Gasteiger partial charge on any atom is -0.483 e. The third-order valence-electron chi connectivity index (χ3n) is 6.86. The molecule has 0 fully saturated rings. The number of amides is 2. The topological polar surface area (TPSA) is 58.6 Å². The Morgan fingerprint density at radius 2 is 1.57 bits per heavy atom. The SMILES string of the molecule is CC[C@@H](C)NC(=O)[C@@H](Cc1ccccc1)N(Cc1ccc(C)cc1)C(=O)COc1cc(C)cc(C)c1C. The highest BCUT2D eigenvalue weighted by Crippen LogP contribution is 2.24. The van der Waals surface area contributed by atoms with E-state index in [1.54, 1.807) is 4.90 Å². The molecule has 0 spiro atoms. The van der Waals surface area contributed by atoms with E-state index in [9.17, 15) is 9.59 Å². The van der Waals surface area contributed by atoms with Crippen LogP contribution in [0.4, 0.5) is 0 Å². The normalized spacial score (nSPS) is 12.5. The molecule has 2 atom stereocenters. The Balaban J connectivity index is 1.94. The smallest absolute Gasteiger partial charge is 0.261 e. The van der Waals surface area contributed by atoms with Crippen LogP contribution in [0.15, 0.2) is 66.7 Å². The van der Waals surface area contributed by atoms with Crippen LogP contribution in [-0.2, 0) is 22.6 Å². The average Bonchev–Trinajstić information content (AvgIpc) is 2.88. The fourth-order valence-electron chi connectivity index (χ4n) is 4.26. The fraction of sp³-hybridized carbons (Fsp3) is 0.375. The van der Waals surface area contributed by atoms with Crippen molar-refractivity contribution in [2.24, 2.45) is 0 Å². The third-order valence-corrected chi connectivity index (χ3v) is 6.86. The molecule has 0 aliphatic rings. The molecule has 5 heteroatoms. The van der Waals surface area contributed by atoms with Crippen LogP contribution >= 0.6 is 0 Å². The molecule has 0 aromatic heterocycles. The summed E-state index contributed by atoms with van der Waals surface area (Å²) in [7, 11) is 0. The van der Waals surface area contributed by atoms with Crippen molar-refractivity contribution in [2.45, 2.75) is 73.0 Å². The largest absolute Gasteiger partial charge is 0.483 e. The molecule has 0 heterocycles. The van der Waals surface area contributed by atoms with E-state index in [1.165, 1.54) is 0 Å². The van der Waals surface area contributed by atoms with Crippen molar-refractivity contribution in [1.29, 1.82) is 0 Å². The lowest BCUT2D eigenvalue weighted by molar-refractivity contribution is -0.143. The van der Waals surface area contributed by atoms with Crippen molar-refractivity contribution in [3.63, 3.8) is 0 Å². The molecule has 2 amide bonds. The van der Waals surface area contributed by atoms with Crippen molar-refractivity contribution >= 4 is 11.8 Å². The quantitative estimate of drug-likeness (QED) is 0.359. The summed E-state index contributed by atoms with van der Waals surface area (Å²) in [6, 6.07) is 21.3. The first-order valence-electron chi connectivity index (χ1n) is 13.1. The first-order chi connectivity index (χ1) is 17.7. The summed E-state index contributed by atoms with van der Waals surface area (Å²) < 4.78 is 6.06. The molecule has 0 bridgehead atoms. The average molecular weight is 501 g/mol. The summed E-state index contributed by atoms with van der Waals surface area (Å²) in [4.78, 5) is 29.0. The van der Waals surface area contributed by atoms with E-state index in [0.717, 1.165) is 39.8 Å². The minimum absolute atomic E-state index is 0.0104. The fourth-order valence-corrected chi connectivity index (χ4v) is 4.26. The molecule has 0 saturated heterocycles. The molecule has 0 radical (unpaired) electrons. The van der Waals surface area contributed by atoms with Crippen LogP contribution in [0.3, 0.4) is 0 Å². The second-order valence-corrected chi connectivity index (χ2v) is 10.0. The number of carbonyl (C=O) groups excluding carboxylic acids is 2. The molecule has 0 saturated carbocycles. The molecule has 3 aromatic carbocycles. The van der Waals surface area contributed by atoms with Crippen LogP contribution in [0.5, 0.6) is 5.75 Å². The van der Waals surface area contributed by atoms with Gasteiger partial charge in [-0.2, -0.15) is 0 Å². The van der Waals surface area contributed by atoms with E-state index in [0.29, 0.717) is 18.7 Å². The van der Waals surface area contributed by atoms with E-state index in [1.807, 2.05) is 102 Å². The maximum Gasteiger partial charge on any atom is 0.261 e. The zero-order valence-electron chi connectivity index (χ0n) is 23.0. The summed E-state index contributed by atoms with van der Waals surface area (Å²) in [5, 5.41) is 3.10. The van der Waals surface area contributed by atoms with Gasteiger partial charge in [-0.1, -0.05) is 73.2 Å². The Labute approximate surface area is 221 Å². The zero-order chi connectivity index (χ0) is 26.9. The van der Waals surface area contributed by atoms with Crippen LogP contribution in [0, 0.1) is 27.7 Å². The Morgan fingerprint density at radius 1 is 0.892 bits per heavy atom. The monoisotopic (exact) mass is 500 g/mol. The Morgan fingerprint density at radius 3 is 2.22 bits per heavy atom. The standard InChI is InChI=1S/C32H40N2O3/c1-7-25(5)33-32(36)29(19-27-11-9-8-10-12-27)34(20-28-15-13-22(2)14-16-28)31(35)21-37-30-18-23(3)17-24(4)26(30)6/h8-18,25,29H,7,19-21H2,1-6H3,(H,33,36)/t25-,29-/m1/s1. The molecule has 0 unspecified atom stereocenters. The van der Waals surface area contributed by atoms with E-state index < -0.39 is 6.04 Å². The maximum absolute atomic E-state index is 13.8. The van der Waals surface area contributed by atoms with E-state index >= 15 is 0 Å². The second-order valence-electron chi connectivity index (χ2n) is 10.0. The number of hydrogen-bond donors (Lipinski definition) is 1. The highest BCUT2D eigenvalue weighted by atomic mass is 16.5. The van der Waals surface area contributed by atoms with Crippen molar-refractivity contribution in [3.05, 3.63) is 100 Å². The summed E-state index contributed by atoms with van der Waals surface area (Å²) in [5.74, 6) is 0.324. The number of nitrogens with zero attached hydrogens (tertiary/aromatic N) is 1. The van der Waals surface area contributed by atoms with Crippen molar-refractivity contribution < 1.29 is 14.3 Å². The lowest BCUT2D eigenvalue weighted by Gasteiger charge is -2.32. The van der Waals surface area contributed by atoms with Gasteiger partial charge >= 0.3 is 0 Å². The first-order valence-corrected chi connectivity index (χ1v) is 13.1. The zero-order valence-corrected chi connectivity index (χ0v) is 23.0. The van der Waals surface area contributed by atoms with Crippen LogP contribution in [-0.4, -0.2) is 35.4 Å². The van der Waals surface area contributed by atoms with E-state index in [4.69, 9.17) is 4.74 Å². The molecular weight excluding hydrogens is 460 g/mol. The summed E-state index contributed by atoms with van der Waals surface area (Å²) in [5.41, 5.74) is 6.32. The molecule has 0 aliphatic carbocycles. The van der Waals surface area contributed by atoms with Gasteiger partial charge in [0.2, 0.25) is 5.91 Å². The number of benzene rings is 3. The molecule has 5 nitrogen and oxygen atoms in total. The molecule has 3 rings (SSSR count). The summed E-state index contributed by atoms with van der Waals surface area (Å²) in [6.45, 7) is 12.3. The van der Waals surface area contributed by atoms with Crippen molar-refractivity contribution in [1.82, 2.24) is 10.2 Å². The van der Waals surface area contributed by atoms with Crippen LogP contribution in [0.25, 0.3) is 0 Å². The van der Waals surface area contributed by atoms with Gasteiger partial charge in [-0.05, 0) is 74.9 Å². The molecular formula is C32H40N2O3. The van der Waals surface area contributed by atoms with Gasteiger partial charge in [-0.25, -0.2) is 0 Å². The van der Waals surface area contributed by atoms with Gasteiger partial charge in [0, 0.05) is 19.0 Å². The van der Waals surface area contributed by atoms with Gasteiger partial charge in [-0.15, -0.1) is 0 Å². The van der Waals surface area contributed by atoms with Gasteiger partial charge < -0.3 is 15.0 Å². The Bertz CT molecular complexity index is 1190. The third kappa shape index (κ3) is 7.94. The number of rotatable bonds is 11. The summed E-state index contributed by atoms with van der Waals surface area (Å²) in [6.07, 6.45) is 1.23. The summed E-state index contributed by atoms with van der Waals surface area (Å²) >= 11 is 0. The number of aryl methyl sites for hydroxylation is 3. The van der Waals surface area contributed by atoms with Crippen molar-refractivity contribution in [3.8, 4) is 5.75 Å². The molecule has 0 aliphatic heterocycles. The number of nitrogens with one attached hydrogen (secondary N) is 1. The lowest BCUT2D eigenvalue weighted by atomic mass is 10.0.